The summed E-state index contributed by atoms with van der Waals surface area (Å²) in [4.78, 5) is 2.22. The Labute approximate surface area is 97.5 Å². The Bertz CT molecular complexity index is 218. The van der Waals surface area contributed by atoms with E-state index in [2.05, 4.69) is 4.90 Å². The SMILES string of the molecule is CCOC(CN1CC(O)(C2CC2)C1)OCC. The van der Waals surface area contributed by atoms with Gasteiger partial charge in [-0.2, -0.15) is 0 Å². The van der Waals surface area contributed by atoms with Crippen molar-refractivity contribution in [3.05, 3.63) is 0 Å². The van der Waals surface area contributed by atoms with Crippen LogP contribution in [0.1, 0.15) is 26.7 Å². The predicted molar refractivity (Wildman–Crippen MR) is 61.2 cm³/mol. The molecule has 94 valence electrons. The largest absolute Gasteiger partial charge is 0.387 e. The summed E-state index contributed by atoms with van der Waals surface area (Å²) in [5.74, 6) is 0.557. The molecule has 1 aliphatic carbocycles. The Morgan fingerprint density at radius 2 is 1.81 bits per heavy atom. The van der Waals surface area contributed by atoms with E-state index in [4.69, 9.17) is 9.47 Å². The Kier molecular flexibility index (Phi) is 3.85. The van der Waals surface area contributed by atoms with Crippen LogP contribution in [-0.4, -0.2) is 54.7 Å². The van der Waals surface area contributed by atoms with Crippen molar-refractivity contribution >= 4 is 0 Å². The molecular weight excluding hydrogens is 206 g/mol. The summed E-state index contributed by atoms with van der Waals surface area (Å²) in [5, 5.41) is 10.2. The van der Waals surface area contributed by atoms with Gasteiger partial charge in [0.1, 0.15) is 0 Å². The van der Waals surface area contributed by atoms with Crippen molar-refractivity contribution in [2.24, 2.45) is 5.92 Å². The van der Waals surface area contributed by atoms with Crippen molar-refractivity contribution in [2.75, 3.05) is 32.8 Å². The Balaban J connectivity index is 1.69. The normalized spacial score (nSPS) is 24.8. The van der Waals surface area contributed by atoms with Crippen molar-refractivity contribution in [3.8, 4) is 0 Å². The van der Waals surface area contributed by atoms with Crippen molar-refractivity contribution in [1.29, 1.82) is 0 Å². The van der Waals surface area contributed by atoms with Crippen LogP contribution in [0.25, 0.3) is 0 Å². The Morgan fingerprint density at radius 3 is 2.25 bits per heavy atom. The van der Waals surface area contributed by atoms with Crippen molar-refractivity contribution < 1.29 is 14.6 Å². The van der Waals surface area contributed by atoms with Crippen LogP contribution in [0, 0.1) is 5.92 Å². The van der Waals surface area contributed by atoms with Gasteiger partial charge in [0, 0.05) is 32.8 Å². The maximum atomic E-state index is 10.2. The first kappa shape index (κ1) is 12.3. The van der Waals surface area contributed by atoms with Crippen LogP contribution in [0.4, 0.5) is 0 Å². The first-order valence-electron chi connectivity index (χ1n) is 6.36. The average Bonchev–Trinajstić information content (AvgIpc) is 2.99. The highest BCUT2D eigenvalue weighted by Gasteiger charge is 2.51. The van der Waals surface area contributed by atoms with Crippen LogP contribution in [0.3, 0.4) is 0 Å². The summed E-state index contributed by atoms with van der Waals surface area (Å²) in [6.07, 6.45) is 2.26. The summed E-state index contributed by atoms with van der Waals surface area (Å²) in [6.45, 7) is 7.64. The molecule has 2 rings (SSSR count). The summed E-state index contributed by atoms with van der Waals surface area (Å²) < 4.78 is 11.0. The van der Waals surface area contributed by atoms with E-state index >= 15 is 0 Å². The van der Waals surface area contributed by atoms with E-state index < -0.39 is 5.60 Å². The minimum Gasteiger partial charge on any atom is -0.387 e. The van der Waals surface area contributed by atoms with Gasteiger partial charge < -0.3 is 14.6 Å². The zero-order chi connectivity index (χ0) is 11.6. The van der Waals surface area contributed by atoms with Gasteiger partial charge in [0.25, 0.3) is 0 Å². The van der Waals surface area contributed by atoms with Gasteiger partial charge in [-0.15, -0.1) is 0 Å². The highest BCUT2D eigenvalue weighted by atomic mass is 16.7. The molecule has 0 spiro atoms. The molecule has 1 saturated carbocycles. The monoisotopic (exact) mass is 229 g/mol. The minimum absolute atomic E-state index is 0.140. The Hall–Kier alpha value is -0.160. The van der Waals surface area contributed by atoms with Gasteiger partial charge in [-0.1, -0.05) is 0 Å². The van der Waals surface area contributed by atoms with Crippen LogP contribution in [0.2, 0.25) is 0 Å². The number of rotatable bonds is 7. The standard InChI is InChI=1S/C12H23NO3/c1-3-15-11(16-4-2)7-13-8-12(14,9-13)10-5-6-10/h10-11,14H,3-9H2,1-2H3. The zero-order valence-corrected chi connectivity index (χ0v) is 10.3. The average molecular weight is 229 g/mol. The lowest BCUT2D eigenvalue weighted by Gasteiger charge is -2.47. The van der Waals surface area contributed by atoms with Gasteiger partial charge in [-0.05, 0) is 32.6 Å². The van der Waals surface area contributed by atoms with Crippen LogP contribution in [0.15, 0.2) is 0 Å². The Morgan fingerprint density at radius 1 is 1.25 bits per heavy atom. The van der Waals surface area contributed by atoms with Crippen LogP contribution in [0.5, 0.6) is 0 Å². The van der Waals surface area contributed by atoms with Crippen LogP contribution in [-0.2, 0) is 9.47 Å². The molecule has 1 aliphatic heterocycles. The quantitative estimate of drug-likeness (QED) is 0.657. The number of ether oxygens (including phenoxy) is 2. The van der Waals surface area contributed by atoms with Gasteiger partial charge in [-0.3, -0.25) is 4.90 Å². The van der Waals surface area contributed by atoms with Crippen molar-refractivity contribution in [1.82, 2.24) is 4.90 Å². The number of β-amino-alcohol motifs (C(OH)–C–C–N with tert-alkyl or cyclic N) is 1. The maximum absolute atomic E-state index is 10.2. The molecule has 4 heteroatoms. The van der Waals surface area contributed by atoms with Crippen LogP contribution >= 0.6 is 0 Å². The minimum atomic E-state index is -0.400. The molecule has 0 aromatic rings. The van der Waals surface area contributed by atoms with Gasteiger partial charge in [0.05, 0.1) is 5.60 Å². The van der Waals surface area contributed by atoms with E-state index in [1.54, 1.807) is 0 Å². The molecule has 1 N–H and O–H groups in total. The fourth-order valence-corrected chi connectivity index (χ4v) is 2.47. The summed E-state index contributed by atoms with van der Waals surface area (Å²) in [7, 11) is 0. The predicted octanol–water partition coefficient (Wildman–Crippen LogP) is 0.842. The summed E-state index contributed by atoms with van der Waals surface area (Å²) >= 11 is 0. The smallest absolute Gasteiger partial charge is 0.170 e. The van der Waals surface area contributed by atoms with Crippen LogP contribution < -0.4 is 0 Å². The number of nitrogens with zero attached hydrogens (tertiary/aromatic N) is 1. The highest BCUT2D eigenvalue weighted by molar-refractivity contribution is 5.05. The second-order valence-corrected chi connectivity index (χ2v) is 4.89. The van der Waals surface area contributed by atoms with E-state index in [1.165, 1.54) is 12.8 Å². The second-order valence-electron chi connectivity index (χ2n) is 4.89. The number of aliphatic hydroxyl groups is 1. The highest BCUT2D eigenvalue weighted by Crippen LogP contribution is 2.44. The number of hydrogen-bond acceptors (Lipinski definition) is 4. The van der Waals surface area contributed by atoms with E-state index in [1.807, 2.05) is 13.8 Å². The molecule has 0 radical (unpaired) electrons. The van der Waals surface area contributed by atoms with Gasteiger partial charge in [-0.25, -0.2) is 0 Å². The topological polar surface area (TPSA) is 41.9 Å². The van der Waals surface area contributed by atoms with E-state index in [0.717, 1.165) is 19.6 Å². The molecule has 2 aliphatic rings. The lowest BCUT2D eigenvalue weighted by molar-refractivity contribution is -0.182. The third-order valence-corrected chi connectivity index (χ3v) is 3.44. The molecule has 0 bridgehead atoms. The molecule has 0 atom stereocenters. The lowest BCUT2D eigenvalue weighted by Crippen LogP contribution is -2.64. The second kappa shape index (κ2) is 5.00. The first-order valence-corrected chi connectivity index (χ1v) is 6.36. The fraction of sp³-hybridized carbons (Fsp3) is 1.00. The van der Waals surface area contributed by atoms with Gasteiger partial charge in [0.15, 0.2) is 6.29 Å². The molecule has 0 unspecified atom stereocenters. The summed E-state index contributed by atoms with van der Waals surface area (Å²) in [5.41, 5.74) is -0.400. The molecular formula is C12H23NO3. The lowest BCUT2D eigenvalue weighted by atomic mass is 9.89. The molecule has 0 aromatic heterocycles. The van der Waals surface area contributed by atoms with Crippen molar-refractivity contribution in [3.63, 3.8) is 0 Å². The molecule has 1 heterocycles. The molecule has 0 amide bonds. The maximum Gasteiger partial charge on any atom is 0.170 e. The molecule has 1 saturated heterocycles. The zero-order valence-electron chi connectivity index (χ0n) is 10.3. The molecule has 0 aromatic carbocycles. The fourth-order valence-electron chi connectivity index (χ4n) is 2.47. The third kappa shape index (κ3) is 2.74. The molecule has 4 nitrogen and oxygen atoms in total. The van der Waals surface area contributed by atoms with E-state index in [9.17, 15) is 5.11 Å². The van der Waals surface area contributed by atoms with Gasteiger partial charge >= 0.3 is 0 Å². The summed E-state index contributed by atoms with van der Waals surface area (Å²) in [6, 6.07) is 0. The van der Waals surface area contributed by atoms with E-state index in [-0.39, 0.29) is 6.29 Å². The number of hydrogen-bond donors (Lipinski definition) is 1. The third-order valence-electron chi connectivity index (χ3n) is 3.44. The van der Waals surface area contributed by atoms with E-state index in [0.29, 0.717) is 19.1 Å². The van der Waals surface area contributed by atoms with Gasteiger partial charge in [0.2, 0.25) is 0 Å². The molecule has 16 heavy (non-hydrogen) atoms. The first-order chi connectivity index (χ1) is 7.68. The number of likely N-dealkylation sites (tertiary alicyclic amines) is 1. The van der Waals surface area contributed by atoms with Crippen molar-refractivity contribution in [2.45, 2.75) is 38.6 Å². The molecule has 2 fully saturated rings.